The van der Waals surface area contributed by atoms with E-state index in [1.54, 1.807) is 0 Å². The summed E-state index contributed by atoms with van der Waals surface area (Å²) in [4.78, 5) is 8.76. The Balaban J connectivity index is 1.76. The Kier molecular flexibility index (Phi) is 3.39. The average molecular weight is 279 g/mol. The first-order chi connectivity index (χ1) is 8.83. The van der Waals surface area contributed by atoms with Gasteiger partial charge in [0.1, 0.15) is 17.5 Å². The highest BCUT2D eigenvalue weighted by Crippen LogP contribution is 2.32. The monoisotopic (exact) mass is 278 g/mol. The lowest BCUT2D eigenvalue weighted by atomic mass is 10.3. The lowest BCUT2D eigenvalue weighted by Crippen LogP contribution is -2.05. The van der Waals surface area contributed by atoms with Crippen LogP contribution in [-0.4, -0.2) is 9.97 Å². The zero-order chi connectivity index (χ0) is 12.4. The lowest BCUT2D eigenvalue weighted by molar-refractivity contribution is 0.295. The van der Waals surface area contributed by atoms with Gasteiger partial charge in [0.25, 0.3) is 0 Å². The third-order valence-corrected chi connectivity index (χ3v) is 3.97. The SMILES string of the molecule is Clc1nc(COc2ccccc2)nc2c1CSC2. The highest BCUT2D eigenvalue weighted by Gasteiger charge is 2.18. The first-order valence-electron chi connectivity index (χ1n) is 5.62. The van der Waals surface area contributed by atoms with Crippen LogP contribution in [0, 0.1) is 0 Å². The second-order valence-corrected chi connectivity index (χ2v) is 5.29. The van der Waals surface area contributed by atoms with Gasteiger partial charge in [-0.2, -0.15) is 11.8 Å². The Hall–Kier alpha value is -1.26. The molecule has 0 fully saturated rings. The number of aromatic nitrogens is 2. The van der Waals surface area contributed by atoms with Crippen LogP contribution in [0.5, 0.6) is 5.75 Å². The van der Waals surface area contributed by atoms with Gasteiger partial charge in [-0.05, 0) is 12.1 Å². The van der Waals surface area contributed by atoms with E-state index in [2.05, 4.69) is 9.97 Å². The largest absolute Gasteiger partial charge is 0.486 e. The van der Waals surface area contributed by atoms with Crippen LogP contribution in [0.3, 0.4) is 0 Å². The molecule has 0 amide bonds. The number of nitrogens with zero attached hydrogens (tertiary/aromatic N) is 2. The van der Waals surface area contributed by atoms with E-state index in [1.165, 1.54) is 0 Å². The van der Waals surface area contributed by atoms with Gasteiger partial charge in [0.05, 0.1) is 5.69 Å². The quantitative estimate of drug-likeness (QED) is 0.806. The molecule has 1 aromatic carbocycles. The van der Waals surface area contributed by atoms with Crippen LogP contribution in [0.2, 0.25) is 5.15 Å². The number of ether oxygens (including phenoxy) is 1. The molecular weight excluding hydrogens is 268 g/mol. The predicted molar refractivity (Wildman–Crippen MR) is 72.8 cm³/mol. The molecule has 92 valence electrons. The zero-order valence-electron chi connectivity index (χ0n) is 9.60. The topological polar surface area (TPSA) is 35.0 Å². The molecule has 2 aromatic rings. The Labute approximate surface area is 115 Å². The fourth-order valence-corrected chi connectivity index (χ4v) is 3.18. The Morgan fingerprint density at radius 2 is 2.00 bits per heavy atom. The minimum absolute atomic E-state index is 0.349. The van der Waals surface area contributed by atoms with Gasteiger partial charge in [0.2, 0.25) is 0 Å². The van der Waals surface area contributed by atoms with Gasteiger partial charge in [-0.25, -0.2) is 9.97 Å². The molecule has 0 spiro atoms. The van der Waals surface area contributed by atoms with E-state index in [4.69, 9.17) is 16.3 Å². The molecule has 0 radical (unpaired) electrons. The van der Waals surface area contributed by atoms with Crippen LogP contribution in [0.15, 0.2) is 30.3 Å². The predicted octanol–water partition coefficient (Wildman–Crippen LogP) is 3.46. The first kappa shape index (κ1) is 11.8. The van der Waals surface area contributed by atoms with Crippen molar-refractivity contribution < 1.29 is 4.74 Å². The molecule has 2 heterocycles. The molecule has 1 aliphatic rings. The number of fused-ring (bicyclic) bond motifs is 1. The van der Waals surface area contributed by atoms with Gasteiger partial charge in [-0.15, -0.1) is 0 Å². The van der Waals surface area contributed by atoms with Crippen LogP contribution in [0.1, 0.15) is 17.1 Å². The van der Waals surface area contributed by atoms with Crippen LogP contribution >= 0.6 is 23.4 Å². The minimum atomic E-state index is 0.349. The third kappa shape index (κ3) is 2.44. The van der Waals surface area contributed by atoms with Crippen molar-refractivity contribution in [2.24, 2.45) is 0 Å². The third-order valence-electron chi connectivity index (χ3n) is 2.68. The van der Waals surface area contributed by atoms with Crippen LogP contribution in [0.4, 0.5) is 0 Å². The van der Waals surface area contributed by atoms with E-state index in [9.17, 15) is 0 Å². The molecule has 3 nitrogen and oxygen atoms in total. The maximum absolute atomic E-state index is 6.14. The van der Waals surface area contributed by atoms with E-state index in [1.807, 2.05) is 42.1 Å². The maximum atomic E-state index is 6.14. The van der Waals surface area contributed by atoms with E-state index in [0.29, 0.717) is 17.6 Å². The number of thioether (sulfide) groups is 1. The van der Waals surface area contributed by atoms with Crippen LogP contribution < -0.4 is 4.74 Å². The van der Waals surface area contributed by atoms with Crippen LogP contribution in [0.25, 0.3) is 0 Å². The smallest absolute Gasteiger partial charge is 0.167 e. The van der Waals surface area contributed by atoms with Crippen LogP contribution in [-0.2, 0) is 18.1 Å². The number of halogens is 1. The zero-order valence-corrected chi connectivity index (χ0v) is 11.2. The Morgan fingerprint density at radius 1 is 1.17 bits per heavy atom. The highest BCUT2D eigenvalue weighted by atomic mass is 35.5. The number of hydrogen-bond acceptors (Lipinski definition) is 4. The molecule has 0 saturated heterocycles. The summed E-state index contributed by atoms with van der Waals surface area (Å²) in [5, 5.41) is 0.566. The van der Waals surface area contributed by atoms with Crippen molar-refractivity contribution in [2.45, 2.75) is 18.1 Å². The second kappa shape index (κ2) is 5.16. The van der Waals surface area contributed by atoms with Gasteiger partial charge in [-0.1, -0.05) is 29.8 Å². The number of benzene rings is 1. The van der Waals surface area contributed by atoms with Crippen molar-refractivity contribution in [1.29, 1.82) is 0 Å². The Morgan fingerprint density at radius 3 is 2.83 bits per heavy atom. The van der Waals surface area contributed by atoms with E-state index >= 15 is 0 Å². The average Bonchev–Trinajstić information content (AvgIpc) is 2.86. The van der Waals surface area contributed by atoms with E-state index in [0.717, 1.165) is 28.5 Å². The highest BCUT2D eigenvalue weighted by molar-refractivity contribution is 7.98. The van der Waals surface area contributed by atoms with Crippen molar-refractivity contribution >= 4 is 23.4 Å². The molecule has 0 bridgehead atoms. The molecule has 5 heteroatoms. The molecule has 3 rings (SSSR count). The summed E-state index contributed by atoms with van der Waals surface area (Å²) in [6, 6.07) is 9.63. The first-order valence-corrected chi connectivity index (χ1v) is 7.16. The summed E-state index contributed by atoms with van der Waals surface area (Å²) in [6.45, 7) is 0.349. The molecule has 0 N–H and O–H groups in total. The molecule has 0 saturated carbocycles. The van der Waals surface area contributed by atoms with Gasteiger partial charge in [0, 0.05) is 17.1 Å². The molecule has 1 aromatic heterocycles. The number of para-hydroxylation sites is 1. The summed E-state index contributed by atoms with van der Waals surface area (Å²) >= 11 is 7.95. The van der Waals surface area contributed by atoms with E-state index < -0.39 is 0 Å². The maximum Gasteiger partial charge on any atom is 0.167 e. The minimum Gasteiger partial charge on any atom is -0.486 e. The summed E-state index contributed by atoms with van der Waals surface area (Å²) in [5.41, 5.74) is 2.12. The molecule has 1 aliphatic heterocycles. The van der Waals surface area contributed by atoms with E-state index in [-0.39, 0.29) is 0 Å². The standard InChI is InChI=1S/C13H11ClN2OS/c14-13-10-7-18-8-11(10)15-12(16-13)6-17-9-4-2-1-3-5-9/h1-5H,6-8H2. The van der Waals surface area contributed by atoms with Gasteiger partial charge >= 0.3 is 0 Å². The molecule has 0 unspecified atom stereocenters. The lowest BCUT2D eigenvalue weighted by Gasteiger charge is -2.07. The van der Waals surface area contributed by atoms with Crippen molar-refractivity contribution in [3.05, 3.63) is 52.6 Å². The summed E-state index contributed by atoms with van der Waals surface area (Å²) in [7, 11) is 0. The van der Waals surface area contributed by atoms with Crippen molar-refractivity contribution in [2.75, 3.05) is 0 Å². The number of hydrogen-bond donors (Lipinski definition) is 0. The van der Waals surface area contributed by atoms with Crippen molar-refractivity contribution in [1.82, 2.24) is 9.97 Å². The molecule has 0 atom stereocenters. The molecule has 0 aliphatic carbocycles. The summed E-state index contributed by atoms with van der Waals surface area (Å²) in [5.74, 6) is 3.28. The summed E-state index contributed by atoms with van der Waals surface area (Å²) in [6.07, 6.45) is 0. The fourth-order valence-electron chi connectivity index (χ4n) is 1.79. The fraction of sp³-hybridized carbons (Fsp3) is 0.231. The van der Waals surface area contributed by atoms with Gasteiger partial charge < -0.3 is 4.74 Å². The molecule has 18 heavy (non-hydrogen) atoms. The van der Waals surface area contributed by atoms with Crippen molar-refractivity contribution in [3.63, 3.8) is 0 Å². The van der Waals surface area contributed by atoms with Crippen molar-refractivity contribution in [3.8, 4) is 5.75 Å². The number of rotatable bonds is 3. The summed E-state index contributed by atoms with van der Waals surface area (Å²) < 4.78 is 5.62. The normalized spacial score (nSPS) is 13.4. The van der Waals surface area contributed by atoms with Gasteiger partial charge in [-0.3, -0.25) is 0 Å². The van der Waals surface area contributed by atoms with Gasteiger partial charge in [0.15, 0.2) is 5.82 Å². The Bertz CT molecular complexity index is 562. The second-order valence-electron chi connectivity index (χ2n) is 3.95. The molecular formula is C13H11ClN2OS.